The fraction of sp³-hybridized carbons (Fsp3) is 0.474. The molecular formula is C19H24N2O4. The molecular weight excluding hydrogens is 320 g/mol. The lowest BCUT2D eigenvalue weighted by Crippen LogP contribution is -2.54. The zero-order valence-corrected chi connectivity index (χ0v) is 14.2. The van der Waals surface area contributed by atoms with Crippen LogP contribution in [0.2, 0.25) is 0 Å². The minimum Gasteiger partial charge on any atom is -0.484 e. The molecule has 1 aliphatic carbocycles. The SMILES string of the molecule is NC(=O)COc1ccc(/C=C/C(=O)N2CCO[C@@H]3CCCC[C@@H]32)cc1. The lowest BCUT2D eigenvalue weighted by atomic mass is 9.90. The van der Waals surface area contributed by atoms with E-state index in [1.807, 2.05) is 17.0 Å². The lowest BCUT2D eigenvalue weighted by molar-refractivity contribution is -0.144. The van der Waals surface area contributed by atoms with Gasteiger partial charge in [0.05, 0.1) is 18.8 Å². The Kier molecular flexibility index (Phi) is 5.71. The first-order valence-electron chi connectivity index (χ1n) is 8.75. The molecule has 3 rings (SSSR count). The third kappa shape index (κ3) is 4.60. The quantitative estimate of drug-likeness (QED) is 0.825. The zero-order valence-electron chi connectivity index (χ0n) is 14.2. The number of fused-ring (bicyclic) bond motifs is 1. The normalized spacial score (nSPS) is 23.3. The number of nitrogens with two attached hydrogens (primary N) is 1. The number of rotatable bonds is 5. The Bertz CT molecular complexity index is 639. The van der Waals surface area contributed by atoms with Gasteiger partial charge in [-0.05, 0) is 36.6 Å². The molecule has 2 atom stereocenters. The smallest absolute Gasteiger partial charge is 0.255 e. The summed E-state index contributed by atoms with van der Waals surface area (Å²) in [6.45, 7) is 1.13. The summed E-state index contributed by atoms with van der Waals surface area (Å²) in [6, 6.07) is 7.38. The number of amides is 2. The van der Waals surface area contributed by atoms with Gasteiger partial charge in [0, 0.05) is 12.6 Å². The summed E-state index contributed by atoms with van der Waals surface area (Å²) in [7, 11) is 0. The monoisotopic (exact) mass is 344 g/mol. The number of ether oxygens (including phenoxy) is 2. The minimum atomic E-state index is -0.513. The van der Waals surface area contributed by atoms with Gasteiger partial charge in [-0.2, -0.15) is 0 Å². The van der Waals surface area contributed by atoms with Crippen LogP contribution in [0.3, 0.4) is 0 Å². The van der Waals surface area contributed by atoms with Gasteiger partial charge in [-0.25, -0.2) is 0 Å². The van der Waals surface area contributed by atoms with Gasteiger partial charge in [-0.15, -0.1) is 0 Å². The highest BCUT2D eigenvalue weighted by atomic mass is 16.5. The molecule has 0 spiro atoms. The summed E-state index contributed by atoms with van der Waals surface area (Å²) < 4.78 is 11.0. The predicted octanol–water partition coefficient (Wildman–Crippen LogP) is 1.73. The van der Waals surface area contributed by atoms with E-state index in [-0.39, 0.29) is 24.7 Å². The van der Waals surface area contributed by atoms with Crippen molar-refractivity contribution in [3.05, 3.63) is 35.9 Å². The van der Waals surface area contributed by atoms with Crippen molar-refractivity contribution in [1.82, 2.24) is 4.90 Å². The molecule has 6 nitrogen and oxygen atoms in total. The van der Waals surface area contributed by atoms with E-state index in [0.717, 1.165) is 24.8 Å². The van der Waals surface area contributed by atoms with Gasteiger partial charge < -0.3 is 20.1 Å². The maximum absolute atomic E-state index is 12.6. The van der Waals surface area contributed by atoms with Crippen LogP contribution in [0.1, 0.15) is 31.2 Å². The minimum absolute atomic E-state index is 0.0363. The van der Waals surface area contributed by atoms with Crippen LogP contribution >= 0.6 is 0 Å². The summed E-state index contributed by atoms with van der Waals surface area (Å²) in [4.78, 5) is 25.2. The molecule has 0 unspecified atom stereocenters. The molecule has 2 amide bonds. The zero-order chi connectivity index (χ0) is 17.6. The number of carbonyl (C=O) groups is 2. The second-order valence-corrected chi connectivity index (χ2v) is 6.45. The van der Waals surface area contributed by atoms with E-state index in [1.165, 1.54) is 6.42 Å². The van der Waals surface area contributed by atoms with Crippen molar-refractivity contribution in [2.75, 3.05) is 19.8 Å². The Morgan fingerprint density at radius 1 is 1.24 bits per heavy atom. The fourth-order valence-corrected chi connectivity index (χ4v) is 3.46. The van der Waals surface area contributed by atoms with Gasteiger partial charge in [-0.3, -0.25) is 9.59 Å². The van der Waals surface area contributed by atoms with E-state index < -0.39 is 5.91 Å². The molecule has 1 saturated heterocycles. The van der Waals surface area contributed by atoms with Gasteiger partial charge in [0.25, 0.3) is 5.91 Å². The number of morpholine rings is 1. The second-order valence-electron chi connectivity index (χ2n) is 6.45. The van der Waals surface area contributed by atoms with E-state index in [4.69, 9.17) is 15.2 Å². The van der Waals surface area contributed by atoms with Crippen LogP contribution in [-0.2, 0) is 14.3 Å². The molecule has 1 heterocycles. The van der Waals surface area contributed by atoms with Crippen LogP contribution in [0.15, 0.2) is 30.3 Å². The van der Waals surface area contributed by atoms with Crippen LogP contribution in [-0.4, -0.2) is 48.6 Å². The van der Waals surface area contributed by atoms with E-state index in [1.54, 1.807) is 24.3 Å². The topological polar surface area (TPSA) is 81.9 Å². The van der Waals surface area contributed by atoms with E-state index in [0.29, 0.717) is 18.9 Å². The molecule has 0 aromatic heterocycles. The molecule has 1 aromatic carbocycles. The van der Waals surface area contributed by atoms with E-state index in [9.17, 15) is 9.59 Å². The summed E-state index contributed by atoms with van der Waals surface area (Å²) in [6.07, 6.45) is 8.03. The fourth-order valence-electron chi connectivity index (χ4n) is 3.46. The van der Waals surface area contributed by atoms with Crippen LogP contribution in [0.4, 0.5) is 0 Å². The Morgan fingerprint density at radius 2 is 2.00 bits per heavy atom. The number of primary amides is 1. The van der Waals surface area contributed by atoms with Crippen molar-refractivity contribution in [3.63, 3.8) is 0 Å². The third-order valence-corrected chi connectivity index (χ3v) is 4.69. The number of hydrogen-bond acceptors (Lipinski definition) is 4. The van der Waals surface area contributed by atoms with Crippen LogP contribution in [0, 0.1) is 0 Å². The Labute approximate surface area is 147 Å². The molecule has 2 fully saturated rings. The van der Waals surface area contributed by atoms with Crippen LogP contribution in [0.25, 0.3) is 6.08 Å². The summed E-state index contributed by atoms with van der Waals surface area (Å²) in [5, 5.41) is 0. The molecule has 1 saturated carbocycles. The van der Waals surface area contributed by atoms with Gasteiger partial charge in [0.15, 0.2) is 6.61 Å². The highest BCUT2D eigenvalue weighted by Crippen LogP contribution is 2.28. The molecule has 1 aliphatic heterocycles. The third-order valence-electron chi connectivity index (χ3n) is 4.69. The molecule has 1 aromatic rings. The molecule has 0 bridgehead atoms. The number of carbonyl (C=O) groups excluding carboxylic acids is 2. The second kappa shape index (κ2) is 8.16. The highest BCUT2D eigenvalue weighted by Gasteiger charge is 2.35. The van der Waals surface area contributed by atoms with Gasteiger partial charge >= 0.3 is 0 Å². The Balaban J connectivity index is 1.59. The summed E-state index contributed by atoms with van der Waals surface area (Å²) >= 11 is 0. The van der Waals surface area contributed by atoms with Gasteiger partial charge in [0.1, 0.15) is 5.75 Å². The molecule has 6 heteroatoms. The first-order chi connectivity index (χ1) is 12.1. The van der Waals surface area contributed by atoms with Crippen molar-refractivity contribution in [2.45, 2.75) is 37.8 Å². The Morgan fingerprint density at radius 3 is 2.76 bits per heavy atom. The standard InChI is InChI=1S/C19H24N2O4/c20-18(22)13-25-15-8-5-14(6-9-15)7-10-19(23)21-11-12-24-17-4-2-1-3-16(17)21/h5-10,16-17H,1-4,11-13H2,(H2,20,22)/b10-7+/t16-,17+/m0/s1. The molecule has 134 valence electrons. The first kappa shape index (κ1) is 17.5. The number of benzene rings is 1. The van der Waals surface area contributed by atoms with Gasteiger partial charge in [-0.1, -0.05) is 25.0 Å². The predicted molar refractivity (Wildman–Crippen MR) is 93.9 cm³/mol. The van der Waals surface area contributed by atoms with E-state index >= 15 is 0 Å². The highest BCUT2D eigenvalue weighted by molar-refractivity contribution is 5.92. The van der Waals surface area contributed by atoms with Crippen molar-refractivity contribution in [1.29, 1.82) is 0 Å². The average Bonchev–Trinajstić information content (AvgIpc) is 2.64. The lowest BCUT2D eigenvalue weighted by Gasteiger charge is -2.43. The van der Waals surface area contributed by atoms with E-state index in [2.05, 4.69) is 0 Å². The van der Waals surface area contributed by atoms with Crippen molar-refractivity contribution in [2.24, 2.45) is 5.73 Å². The first-order valence-corrected chi connectivity index (χ1v) is 8.75. The largest absolute Gasteiger partial charge is 0.484 e. The molecule has 2 N–H and O–H groups in total. The summed E-state index contributed by atoms with van der Waals surface area (Å²) in [5.74, 6) is 0.0934. The maximum Gasteiger partial charge on any atom is 0.255 e. The number of hydrogen-bond donors (Lipinski definition) is 1. The van der Waals surface area contributed by atoms with Crippen LogP contribution < -0.4 is 10.5 Å². The molecule has 0 radical (unpaired) electrons. The molecule has 25 heavy (non-hydrogen) atoms. The van der Waals surface area contributed by atoms with Crippen molar-refractivity contribution in [3.8, 4) is 5.75 Å². The van der Waals surface area contributed by atoms with Crippen molar-refractivity contribution >= 4 is 17.9 Å². The molecule has 2 aliphatic rings. The van der Waals surface area contributed by atoms with Crippen LogP contribution in [0.5, 0.6) is 5.75 Å². The van der Waals surface area contributed by atoms with Crippen molar-refractivity contribution < 1.29 is 19.1 Å². The Hall–Kier alpha value is -2.34. The average molecular weight is 344 g/mol. The maximum atomic E-state index is 12.6. The number of nitrogens with zero attached hydrogens (tertiary/aromatic N) is 1. The van der Waals surface area contributed by atoms with Gasteiger partial charge in [0.2, 0.25) is 5.91 Å². The summed E-state index contributed by atoms with van der Waals surface area (Å²) in [5.41, 5.74) is 5.94.